The molecule has 11 atom stereocenters. The van der Waals surface area contributed by atoms with E-state index in [1.165, 1.54) is 0 Å². The fraction of sp³-hybridized carbons (Fsp3) is 0.625. The van der Waals surface area contributed by atoms with Gasteiger partial charge in [0, 0.05) is 29.6 Å². The number of carbonyl (C=O) groups is 2. The molecule has 2 fully saturated rings. The molecule has 0 unspecified atom stereocenters. The van der Waals surface area contributed by atoms with Crippen LogP contribution in [0.1, 0.15) is 60.8 Å². The van der Waals surface area contributed by atoms with Crippen LogP contribution in [0.4, 0.5) is 0 Å². The zero-order valence-electron chi connectivity index (χ0n) is 23.7. The van der Waals surface area contributed by atoms with E-state index in [4.69, 9.17) is 4.74 Å². The van der Waals surface area contributed by atoms with E-state index in [2.05, 4.69) is 0 Å². The highest BCUT2D eigenvalue weighted by Gasteiger charge is 2.63. The first-order chi connectivity index (χ1) is 18.1. The van der Waals surface area contributed by atoms with Crippen LogP contribution in [0, 0.1) is 40.9 Å². The molecule has 1 heterocycles. The SMILES string of the molecule is C/C1=C/[C@@H]2C=C[C@H](C)C[C@]23OC(=O)/C(=C(\O)[C@@]2(C)[C@H]4[C@H](C=C[C@H]2/C(C)=C\C[C@@H]1O)[C@@H](O)[C@](C)(O)C[C@@H]4C)C3=O. The Kier molecular flexibility index (Phi) is 6.68. The number of aliphatic hydroxyl groups is 4. The molecule has 0 aromatic heterocycles. The number of fused-ring (bicyclic) bond motifs is 4. The molecule has 5 aliphatic rings. The summed E-state index contributed by atoms with van der Waals surface area (Å²) in [5.74, 6) is -3.75. The average molecular weight is 539 g/mol. The predicted molar refractivity (Wildman–Crippen MR) is 146 cm³/mol. The number of hydrogen-bond acceptors (Lipinski definition) is 7. The van der Waals surface area contributed by atoms with E-state index >= 15 is 0 Å². The van der Waals surface area contributed by atoms with E-state index in [1.54, 1.807) is 6.92 Å². The van der Waals surface area contributed by atoms with Gasteiger partial charge in [-0.1, -0.05) is 62.8 Å². The van der Waals surface area contributed by atoms with Crippen LogP contribution in [0.15, 0.2) is 58.9 Å². The predicted octanol–water partition coefficient (Wildman–Crippen LogP) is 4.11. The third kappa shape index (κ3) is 4.03. The normalized spacial score (nSPS) is 52.5. The molecule has 1 saturated heterocycles. The van der Waals surface area contributed by atoms with Crippen molar-refractivity contribution in [3.05, 3.63) is 58.9 Å². The maximum atomic E-state index is 14.3. The number of allylic oxidation sites excluding steroid dienone is 4. The summed E-state index contributed by atoms with van der Waals surface area (Å²) in [5.41, 5.74) is -2.73. The van der Waals surface area contributed by atoms with Crippen LogP contribution in [0.2, 0.25) is 0 Å². The minimum atomic E-state index is -1.50. The van der Waals surface area contributed by atoms with Crippen molar-refractivity contribution in [2.75, 3.05) is 0 Å². The van der Waals surface area contributed by atoms with Gasteiger partial charge < -0.3 is 25.2 Å². The lowest BCUT2D eigenvalue weighted by molar-refractivity contribution is -0.162. The molecule has 212 valence electrons. The summed E-state index contributed by atoms with van der Waals surface area (Å²) < 4.78 is 5.96. The monoisotopic (exact) mass is 538 g/mol. The van der Waals surface area contributed by atoms with Crippen LogP contribution in [0.5, 0.6) is 0 Å². The molecule has 1 spiro atoms. The molecule has 0 aromatic rings. The number of ether oxygens (including phenoxy) is 1. The first kappa shape index (κ1) is 28.1. The molecule has 7 heteroatoms. The first-order valence-corrected chi connectivity index (χ1v) is 14.2. The molecule has 0 amide bonds. The van der Waals surface area contributed by atoms with Crippen LogP contribution in [-0.2, 0) is 14.3 Å². The molecule has 1 aliphatic heterocycles. The Morgan fingerprint density at radius 1 is 0.974 bits per heavy atom. The van der Waals surface area contributed by atoms with E-state index in [-0.39, 0.29) is 35.5 Å². The van der Waals surface area contributed by atoms with Crippen molar-refractivity contribution in [3.63, 3.8) is 0 Å². The number of Topliss-reactive ketones (excluding diaryl/α,β-unsaturated/α-hetero) is 1. The summed E-state index contributed by atoms with van der Waals surface area (Å²) in [6, 6.07) is 0. The largest absolute Gasteiger partial charge is 0.511 e. The van der Waals surface area contributed by atoms with Gasteiger partial charge in [-0.25, -0.2) is 4.79 Å². The second-order valence-corrected chi connectivity index (χ2v) is 13.3. The van der Waals surface area contributed by atoms with Gasteiger partial charge in [-0.2, -0.15) is 0 Å². The van der Waals surface area contributed by atoms with Crippen molar-refractivity contribution < 1.29 is 34.8 Å². The van der Waals surface area contributed by atoms with Crippen molar-refractivity contribution in [2.24, 2.45) is 40.9 Å². The van der Waals surface area contributed by atoms with Gasteiger partial charge >= 0.3 is 5.97 Å². The lowest BCUT2D eigenvalue weighted by Crippen LogP contribution is -2.59. The summed E-state index contributed by atoms with van der Waals surface area (Å²) in [4.78, 5) is 27.9. The van der Waals surface area contributed by atoms with Gasteiger partial charge in [0.1, 0.15) is 11.3 Å². The van der Waals surface area contributed by atoms with Crippen molar-refractivity contribution in [1.82, 2.24) is 0 Å². The van der Waals surface area contributed by atoms with E-state index in [9.17, 15) is 30.0 Å². The molecule has 5 rings (SSSR count). The zero-order chi connectivity index (χ0) is 28.7. The Morgan fingerprint density at radius 3 is 2.36 bits per heavy atom. The maximum Gasteiger partial charge on any atom is 0.346 e. The Hall–Kier alpha value is -2.48. The maximum absolute atomic E-state index is 14.3. The van der Waals surface area contributed by atoms with Crippen LogP contribution in [0.25, 0.3) is 0 Å². The highest BCUT2D eigenvalue weighted by atomic mass is 16.6. The topological polar surface area (TPSA) is 124 Å². The Balaban J connectivity index is 1.78. The molecule has 7 nitrogen and oxygen atoms in total. The van der Waals surface area contributed by atoms with Crippen molar-refractivity contribution in [2.45, 2.75) is 84.2 Å². The van der Waals surface area contributed by atoms with Gasteiger partial charge in [-0.3, -0.25) is 4.79 Å². The standard InChI is InChI=1S/C32H42O7/c1-16-7-9-20-13-18(3)23(33)12-8-17(2)22-11-10-21-25(19(4)15-30(5,38)26(21)34)31(22,6)27(35)24-28(36)32(20,14-16)39-29(24)37/h7-11,13,16,19-23,25-26,33-35,38H,12,14-15H2,1-6H3/b17-8-,18-13-,27-24-/t16-,19-,20-,21-,22-,23-,25+,26+,30+,31+,32-/m0/s1. The number of rotatable bonds is 0. The number of aliphatic hydroxyl groups excluding tert-OH is 3. The van der Waals surface area contributed by atoms with E-state index in [1.807, 2.05) is 71.1 Å². The highest BCUT2D eigenvalue weighted by molar-refractivity contribution is 6.26. The zero-order valence-corrected chi connectivity index (χ0v) is 23.7. The van der Waals surface area contributed by atoms with Gasteiger partial charge in [-0.05, 0) is 56.9 Å². The fourth-order valence-electron chi connectivity index (χ4n) is 8.42. The molecular formula is C32H42O7. The lowest BCUT2D eigenvalue weighted by Gasteiger charge is -2.57. The smallest absolute Gasteiger partial charge is 0.346 e. The van der Waals surface area contributed by atoms with Gasteiger partial charge in [0.25, 0.3) is 0 Å². The fourth-order valence-corrected chi connectivity index (χ4v) is 8.42. The van der Waals surface area contributed by atoms with Crippen molar-refractivity contribution in [1.29, 1.82) is 0 Å². The summed E-state index contributed by atoms with van der Waals surface area (Å²) in [5, 5.41) is 45.4. The van der Waals surface area contributed by atoms with E-state index in [0.717, 1.165) is 5.57 Å². The molecule has 0 aromatic carbocycles. The summed E-state index contributed by atoms with van der Waals surface area (Å²) in [7, 11) is 0. The molecule has 1 saturated carbocycles. The number of esters is 1. The van der Waals surface area contributed by atoms with Gasteiger partial charge in [0.15, 0.2) is 5.60 Å². The number of ketones is 1. The molecule has 4 aliphatic carbocycles. The number of carbonyl (C=O) groups excluding carboxylic acids is 2. The Labute approximate surface area is 230 Å². The van der Waals surface area contributed by atoms with E-state index < -0.39 is 58.3 Å². The molecular weight excluding hydrogens is 496 g/mol. The van der Waals surface area contributed by atoms with Crippen LogP contribution in [0.3, 0.4) is 0 Å². The third-order valence-electron chi connectivity index (χ3n) is 10.4. The summed E-state index contributed by atoms with van der Waals surface area (Å²) in [6.45, 7) is 11.2. The first-order valence-electron chi connectivity index (χ1n) is 14.2. The third-order valence-corrected chi connectivity index (χ3v) is 10.4. The van der Waals surface area contributed by atoms with Gasteiger partial charge in [0.05, 0.1) is 17.8 Å². The second-order valence-electron chi connectivity index (χ2n) is 13.3. The van der Waals surface area contributed by atoms with Crippen LogP contribution < -0.4 is 0 Å². The molecule has 39 heavy (non-hydrogen) atoms. The minimum absolute atomic E-state index is 0.0289. The lowest BCUT2D eigenvalue weighted by atomic mass is 9.49. The Bertz CT molecular complexity index is 1230. The second kappa shape index (κ2) is 9.28. The van der Waals surface area contributed by atoms with Crippen molar-refractivity contribution >= 4 is 11.8 Å². The molecule has 4 N–H and O–H groups in total. The minimum Gasteiger partial charge on any atom is -0.511 e. The quantitative estimate of drug-likeness (QED) is 0.208. The number of hydrogen-bond donors (Lipinski definition) is 4. The summed E-state index contributed by atoms with van der Waals surface area (Å²) in [6.07, 6.45) is 10.5. The van der Waals surface area contributed by atoms with Crippen LogP contribution >= 0.6 is 0 Å². The van der Waals surface area contributed by atoms with Gasteiger partial charge in [0.2, 0.25) is 5.78 Å². The van der Waals surface area contributed by atoms with E-state index in [0.29, 0.717) is 18.4 Å². The van der Waals surface area contributed by atoms with Crippen LogP contribution in [-0.4, -0.2) is 55.6 Å². The Morgan fingerprint density at radius 2 is 1.67 bits per heavy atom. The highest BCUT2D eigenvalue weighted by Crippen LogP contribution is 2.60. The molecule has 0 radical (unpaired) electrons. The van der Waals surface area contributed by atoms with Gasteiger partial charge in [-0.15, -0.1) is 0 Å². The molecule has 2 bridgehead atoms. The van der Waals surface area contributed by atoms with Crippen molar-refractivity contribution in [3.8, 4) is 0 Å². The summed E-state index contributed by atoms with van der Waals surface area (Å²) >= 11 is 0. The average Bonchev–Trinajstić information content (AvgIpc) is 3.09.